The molecule has 0 atom stereocenters. The monoisotopic (exact) mass is 300 g/mol. The van der Waals surface area contributed by atoms with Gasteiger partial charge in [-0.3, -0.25) is 0 Å². The van der Waals surface area contributed by atoms with E-state index in [1.165, 1.54) is 0 Å². The summed E-state index contributed by atoms with van der Waals surface area (Å²) >= 11 is 6.27. The van der Waals surface area contributed by atoms with Crippen molar-refractivity contribution in [3.8, 4) is 11.5 Å². The molecule has 1 aromatic carbocycles. The standard InChI is InChI=1S/C15H25ClN2O2/c1-4-19-14-10-12(11-18-8-6-7-17-3)9-13(16)15(14)20-5-2/h9-10,17-18H,4-8,11H2,1-3H3. The summed E-state index contributed by atoms with van der Waals surface area (Å²) in [5.74, 6) is 1.35. The fourth-order valence-corrected chi connectivity index (χ4v) is 2.18. The van der Waals surface area contributed by atoms with Gasteiger partial charge in [-0.1, -0.05) is 11.6 Å². The molecule has 0 saturated carbocycles. The predicted molar refractivity (Wildman–Crippen MR) is 84.0 cm³/mol. The Balaban J connectivity index is 2.67. The highest BCUT2D eigenvalue weighted by atomic mass is 35.5. The molecule has 20 heavy (non-hydrogen) atoms. The summed E-state index contributed by atoms with van der Waals surface area (Å²) in [5, 5.41) is 7.12. The van der Waals surface area contributed by atoms with Gasteiger partial charge in [-0.05, 0) is 58.1 Å². The topological polar surface area (TPSA) is 42.5 Å². The van der Waals surface area contributed by atoms with E-state index in [2.05, 4.69) is 10.6 Å². The van der Waals surface area contributed by atoms with E-state index < -0.39 is 0 Å². The molecule has 0 aliphatic heterocycles. The lowest BCUT2D eigenvalue weighted by Crippen LogP contribution is -2.19. The normalized spacial score (nSPS) is 10.6. The summed E-state index contributed by atoms with van der Waals surface area (Å²) < 4.78 is 11.2. The third-order valence-electron chi connectivity index (χ3n) is 2.77. The molecule has 1 rings (SSSR count). The second-order valence-electron chi connectivity index (χ2n) is 4.40. The van der Waals surface area contributed by atoms with Crippen LogP contribution in [-0.4, -0.2) is 33.4 Å². The van der Waals surface area contributed by atoms with Crippen molar-refractivity contribution in [2.24, 2.45) is 0 Å². The molecule has 4 nitrogen and oxygen atoms in total. The Morgan fingerprint density at radius 3 is 2.50 bits per heavy atom. The highest BCUT2D eigenvalue weighted by Gasteiger charge is 2.11. The maximum Gasteiger partial charge on any atom is 0.179 e. The number of benzene rings is 1. The van der Waals surface area contributed by atoms with Crippen LogP contribution in [0.4, 0.5) is 0 Å². The maximum absolute atomic E-state index is 6.27. The van der Waals surface area contributed by atoms with Gasteiger partial charge in [-0.25, -0.2) is 0 Å². The first kappa shape index (κ1) is 17.1. The molecule has 0 spiro atoms. The van der Waals surface area contributed by atoms with Gasteiger partial charge in [-0.15, -0.1) is 0 Å². The van der Waals surface area contributed by atoms with Crippen LogP contribution >= 0.6 is 11.6 Å². The zero-order chi connectivity index (χ0) is 14.8. The van der Waals surface area contributed by atoms with Gasteiger partial charge in [0, 0.05) is 6.54 Å². The largest absolute Gasteiger partial charge is 0.490 e. The number of halogens is 1. The Bertz CT molecular complexity index is 400. The van der Waals surface area contributed by atoms with E-state index in [1.54, 1.807) is 0 Å². The van der Waals surface area contributed by atoms with Crippen molar-refractivity contribution >= 4 is 11.6 Å². The van der Waals surface area contributed by atoms with Gasteiger partial charge < -0.3 is 20.1 Å². The van der Waals surface area contributed by atoms with E-state index in [-0.39, 0.29) is 0 Å². The number of ether oxygens (including phenoxy) is 2. The van der Waals surface area contributed by atoms with Gasteiger partial charge in [-0.2, -0.15) is 0 Å². The lowest BCUT2D eigenvalue weighted by molar-refractivity contribution is 0.287. The predicted octanol–water partition coefficient (Wildman–Crippen LogP) is 2.84. The molecule has 1 aromatic rings. The Morgan fingerprint density at radius 1 is 1.10 bits per heavy atom. The summed E-state index contributed by atoms with van der Waals surface area (Å²) in [5.41, 5.74) is 1.10. The van der Waals surface area contributed by atoms with Crippen molar-refractivity contribution in [3.63, 3.8) is 0 Å². The van der Waals surface area contributed by atoms with Gasteiger partial charge in [0.2, 0.25) is 0 Å². The molecular weight excluding hydrogens is 276 g/mol. The van der Waals surface area contributed by atoms with Crippen LogP contribution in [0.2, 0.25) is 5.02 Å². The molecule has 0 saturated heterocycles. The fourth-order valence-electron chi connectivity index (χ4n) is 1.89. The summed E-state index contributed by atoms with van der Waals surface area (Å²) in [4.78, 5) is 0. The molecule has 0 radical (unpaired) electrons. The van der Waals surface area contributed by atoms with E-state index in [0.717, 1.165) is 31.6 Å². The van der Waals surface area contributed by atoms with Crippen molar-refractivity contribution in [1.82, 2.24) is 10.6 Å². The number of hydrogen-bond donors (Lipinski definition) is 2. The van der Waals surface area contributed by atoms with Gasteiger partial charge in [0.15, 0.2) is 11.5 Å². The van der Waals surface area contributed by atoms with E-state index in [0.29, 0.717) is 29.7 Å². The molecule has 0 aromatic heterocycles. The van der Waals surface area contributed by atoms with E-state index in [9.17, 15) is 0 Å². The van der Waals surface area contributed by atoms with Gasteiger partial charge in [0.25, 0.3) is 0 Å². The summed E-state index contributed by atoms with van der Waals surface area (Å²) in [6.45, 7) is 7.80. The summed E-state index contributed by atoms with van der Waals surface area (Å²) in [6.07, 6.45) is 1.10. The molecule has 114 valence electrons. The Morgan fingerprint density at radius 2 is 1.85 bits per heavy atom. The van der Waals surface area contributed by atoms with Crippen molar-refractivity contribution in [3.05, 3.63) is 22.7 Å². The van der Waals surface area contributed by atoms with E-state index >= 15 is 0 Å². The van der Waals surface area contributed by atoms with Crippen molar-refractivity contribution < 1.29 is 9.47 Å². The minimum Gasteiger partial charge on any atom is -0.490 e. The van der Waals surface area contributed by atoms with Crippen molar-refractivity contribution in [1.29, 1.82) is 0 Å². The SMILES string of the molecule is CCOc1cc(CNCCCNC)cc(Cl)c1OCC. The molecule has 0 amide bonds. The van der Waals surface area contributed by atoms with Crippen LogP contribution in [0.1, 0.15) is 25.8 Å². The average Bonchev–Trinajstić information content (AvgIpc) is 2.43. The van der Waals surface area contributed by atoms with Crippen LogP contribution in [0.3, 0.4) is 0 Å². The quantitative estimate of drug-likeness (QED) is 0.652. The summed E-state index contributed by atoms with van der Waals surface area (Å²) in [7, 11) is 1.96. The minimum atomic E-state index is 0.571. The molecule has 2 N–H and O–H groups in total. The summed E-state index contributed by atoms with van der Waals surface area (Å²) in [6, 6.07) is 3.92. The second kappa shape index (κ2) is 9.86. The van der Waals surface area contributed by atoms with Crippen LogP contribution in [-0.2, 0) is 6.54 Å². The molecule has 0 aliphatic rings. The Hall–Kier alpha value is -0.970. The highest BCUT2D eigenvalue weighted by molar-refractivity contribution is 6.32. The first-order valence-corrected chi connectivity index (χ1v) is 7.54. The van der Waals surface area contributed by atoms with Gasteiger partial charge >= 0.3 is 0 Å². The maximum atomic E-state index is 6.27. The van der Waals surface area contributed by atoms with Gasteiger partial charge in [0.1, 0.15) is 0 Å². The lowest BCUT2D eigenvalue weighted by Gasteiger charge is -2.14. The first-order valence-electron chi connectivity index (χ1n) is 7.16. The van der Waals surface area contributed by atoms with E-state index in [1.807, 2.05) is 33.0 Å². The third kappa shape index (κ3) is 5.57. The molecule has 0 fully saturated rings. The molecular formula is C15H25ClN2O2. The van der Waals surface area contributed by atoms with Crippen molar-refractivity contribution in [2.75, 3.05) is 33.4 Å². The van der Waals surface area contributed by atoms with Crippen molar-refractivity contribution in [2.45, 2.75) is 26.8 Å². The molecule has 0 unspecified atom stereocenters. The van der Waals surface area contributed by atoms with Gasteiger partial charge in [0.05, 0.1) is 18.2 Å². The van der Waals surface area contributed by atoms with Crippen LogP contribution in [0.5, 0.6) is 11.5 Å². The molecule has 0 heterocycles. The number of rotatable bonds is 10. The van der Waals surface area contributed by atoms with E-state index in [4.69, 9.17) is 21.1 Å². The average molecular weight is 301 g/mol. The van der Waals surface area contributed by atoms with Crippen LogP contribution < -0.4 is 20.1 Å². The van der Waals surface area contributed by atoms with Crippen LogP contribution in [0.25, 0.3) is 0 Å². The minimum absolute atomic E-state index is 0.571. The number of nitrogens with one attached hydrogen (secondary N) is 2. The first-order chi connectivity index (χ1) is 9.72. The Labute approximate surface area is 126 Å². The zero-order valence-electron chi connectivity index (χ0n) is 12.6. The fraction of sp³-hybridized carbons (Fsp3) is 0.600. The third-order valence-corrected chi connectivity index (χ3v) is 3.05. The highest BCUT2D eigenvalue weighted by Crippen LogP contribution is 2.36. The molecule has 5 heteroatoms. The Kier molecular flexibility index (Phi) is 8.42. The molecule has 0 bridgehead atoms. The lowest BCUT2D eigenvalue weighted by atomic mass is 10.2. The smallest absolute Gasteiger partial charge is 0.179 e. The second-order valence-corrected chi connectivity index (χ2v) is 4.81. The number of hydrogen-bond acceptors (Lipinski definition) is 4. The molecule has 0 aliphatic carbocycles. The zero-order valence-corrected chi connectivity index (χ0v) is 13.3. The van der Waals surface area contributed by atoms with Crippen LogP contribution in [0.15, 0.2) is 12.1 Å². The van der Waals surface area contributed by atoms with Crippen LogP contribution in [0, 0.1) is 0 Å².